The third-order valence-electron chi connectivity index (χ3n) is 10.5. The highest BCUT2D eigenvalue weighted by molar-refractivity contribution is 5.96. The fourth-order valence-corrected chi connectivity index (χ4v) is 8.49. The average Bonchev–Trinajstić information content (AvgIpc) is 3.18. The molecular weight excluding hydrogens is 388 g/mol. The fraction of sp³-hybridized carbons (Fsp3) is 0.548. The Labute approximate surface area is 194 Å². The molecule has 0 saturated heterocycles. The number of rotatable bonds is 3. The maximum absolute atomic E-state index is 5.98. The van der Waals surface area contributed by atoms with Crippen molar-refractivity contribution in [2.75, 3.05) is 7.11 Å². The van der Waals surface area contributed by atoms with Gasteiger partial charge in [-0.1, -0.05) is 55.0 Å². The zero-order chi connectivity index (χ0) is 22.3. The van der Waals surface area contributed by atoms with Gasteiger partial charge in [0.15, 0.2) is 0 Å². The summed E-state index contributed by atoms with van der Waals surface area (Å²) >= 11 is 0. The maximum Gasteiger partial charge on any atom is 0.0627 e. The van der Waals surface area contributed by atoms with E-state index in [1.807, 2.05) is 7.11 Å². The van der Waals surface area contributed by atoms with E-state index in [0.717, 1.165) is 17.8 Å². The second-order valence-electron chi connectivity index (χ2n) is 11.6. The van der Waals surface area contributed by atoms with E-state index in [-0.39, 0.29) is 5.41 Å². The second-order valence-corrected chi connectivity index (χ2v) is 11.6. The highest BCUT2D eigenvalue weighted by Crippen LogP contribution is 2.63. The van der Waals surface area contributed by atoms with Crippen LogP contribution in [0, 0.1) is 24.2 Å². The lowest BCUT2D eigenvalue weighted by Gasteiger charge is -2.50. The quantitative estimate of drug-likeness (QED) is 0.491. The minimum Gasteiger partial charge on any atom is -0.381 e. The lowest BCUT2D eigenvalue weighted by Crippen LogP contribution is -2.44. The van der Waals surface area contributed by atoms with Crippen LogP contribution in [0.2, 0.25) is 0 Å². The second kappa shape index (κ2) is 7.07. The first-order chi connectivity index (χ1) is 15.4. The summed E-state index contributed by atoms with van der Waals surface area (Å²) < 4.78 is 5.98. The largest absolute Gasteiger partial charge is 0.381 e. The summed E-state index contributed by atoms with van der Waals surface area (Å²) in [5.41, 5.74) is 11.4. The Bertz CT molecular complexity index is 1090. The molecule has 0 N–H and O–H groups in total. The van der Waals surface area contributed by atoms with Gasteiger partial charge in [0.2, 0.25) is 0 Å². The topological polar surface area (TPSA) is 9.23 Å². The van der Waals surface area contributed by atoms with Gasteiger partial charge in [-0.3, -0.25) is 0 Å². The van der Waals surface area contributed by atoms with Crippen molar-refractivity contribution in [2.45, 2.75) is 83.7 Å². The number of aryl methyl sites for hydroxylation is 2. The normalized spacial score (nSPS) is 37.7. The summed E-state index contributed by atoms with van der Waals surface area (Å²) in [6.07, 6.45) is 8.38. The minimum absolute atomic E-state index is 0.108. The molecule has 0 bridgehead atoms. The predicted molar refractivity (Wildman–Crippen MR) is 133 cm³/mol. The fourth-order valence-electron chi connectivity index (χ4n) is 8.49. The molecule has 4 aliphatic rings. The Hall–Kier alpha value is -1.86. The number of methoxy groups -OCH3 is 1. The van der Waals surface area contributed by atoms with Crippen molar-refractivity contribution in [3.05, 3.63) is 75.9 Å². The van der Waals surface area contributed by atoms with Gasteiger partial charge in [-0.2, -0.15) is 0 Å². The third-order valence-corrected chi connectivity index (χ3v) is 10.5. The highest BCUT2D eigenvalue weighted by Gasteiger charge is 2.55. The predicted octanol–water partition coefficient (Wildman–Crippen LogP) is 7.61. The van der Waals surface area contributed by atoms with Crippen molar-refractivity contribution >= 4 is 5.57 Å². The van der Waals surface area contributed by atoms with Crippen LogP contribution in [0.3, 0.4) is 0 Å². The first kappa shape index (κ1) is 20.7. The summed E-state index contributed by atoms with van der Waals surface area (Å²) in [6.45, 7) is 9.64. The Morgan fingerprint density at radius 1 is 0.938 bits per heavy atom. The van der Waals surface area contributed by atoms with E-state index >= 15 is 0 Å². The van der Waals surface area contributed by atoms with E-state index in [4.69, 9.17) is 4.74 Å². The van der Waals surface area contributed by atoms with Gasteiger partial charge < -0.3 is 4.74 Å². The summed E-state index contributed by atoms with van der Waals surface area (Å²) in [6, 6.07) is 16.3. The van der Waals surface area contributed by atoms with E-state index in [1.54, 1.807) is 22.3 Å². The molecule has 0 heterocycles. The van der Waals surface area contributed by atoms with Crippen LogP contribution in [0.1, 0.15) is 86.6 Å². The Morgan fingerprint density at radius 2 is 1.72 bits per heavy atom. The van der Waals surface area contributed by atoms with E-state index in [1.165, 1.54) is 55.2 Å². The zero-order valence-electron chi connectivity index (χ0n) is 20.5. The van der Waals surface area contributed by atoms with Crippen molar-refractivity contribution in [3.63, 3.8) is 0 Å². The Kier molecular flexibility index (Phi) is 4.58. The molecule has 0 amide bonds. The number of hydrogen-bond acceptors (Lipinski definition) is 1. The van der Waals surface area contributed by atoms with Crippen LogP contribution in [0.25, 0.3) is 5.57 Å². The van der Waals surface area contributed by atoms with Crippen LogP contribution < -0.4 is 0 Å². The number of allylic oxidation sites excluding steroid dienone is 2. The first-order valence-corrected chi connectivity index (χ1v) is 12.8. The van der Waals surface area contributed by atoms with Crippen LogP contribution >= 0.6 is 0 Å². The molecule has 6 atom stereocenters. The van der Waals surface area contributed by atoms with Crippen LogP contribution in [-0.4, -0.2) is 13.2 Å². The molecule has 0 spiro atoms. The molecule has 2 fully saturated rings. The molecule has 0 aliphatic heterocycles. The summed E-state index contributed by atoms with van der Waals surface area (Å²) in [7, 11) is 1.94. The van der Waals surface area contributed by atoms with Gasteiger partial charge in [0, 0.05) is 12.5 Å². The van der Waals surface area contributed by atoms with Crippen LogP contribution in [0.5, 0.6) is 0 Å². The zero-order valence-corrected chi connectivity index (χ0v) is 20.5. The van der Waals surface area contributed by atoms with Gasteiger partial charge in [0.25, 0.3) is 0 Å². The molecule has 168 valence electrons. The molecule has 1 unspecified atom stereocenters. The average molecular weight is 427 g/mol. The molecule has 6 rings (SSSR count). The lowest BCUT2D eigenvalue weighted by molar-refractivity contribution is -0.0444. The van der Waals surface area contributed by atoms with Crippen molar-refractivity contribution < 1.29 is 4.74 Å². The van der Waals surface area contributed by atoms with Crippen LogP contribution in [0.15, 0.2) is 48.0 Å². The molecule has 2 aromatic carbocycles. The SMILES string of the molecule is CO[C@H]1CC[C@H]2[C@@H]3CCc4cc(C)c(C5=C(C)C5(C)c5ccccc5)cc4[C@H]3CC[C@]12C. The highest BCUT2D eigenvalue weighted by atomic mass is 16.5. The Balaban J connectivity index is 1.37. The number of ether oxygens (including phenoxy) is 1. The molecule has 2 aromatic rings. The Morgan fingerprint density at radius 3 is 2.47 bits per heavy atom. The lowest BCUT2D eigenvalue weighted by atomic mass is 9.55. The van der Waals surface area contributed by atoms with Gasteiger partial charge >= 0.3 is 0 Å². The van der Waals surface area contributed by atoms with Gasteiger partial charge in [-0.25, -0.2) is 0 Å². The molecule has 4 aliphatic carbocycles. The van der Waals surface area contributed by atoms with Crippen molar-refractivity contribution in [1.29, 1.82) is 0 Å². The molecule has 32 heavy (non-hydrogen) atoms. The maximum atomic E-state index is 5.98. The number of fused-ring (bicyclic) bond motifs is 5. The standard InChI is InChI=1S/C31H38O/c1-19-17-21-11-12-24-23(15-16-30(3)27(24)13-14-28(30)32-5)26(21)18-25(19)29-20(2)31(29,4)22-9-7-6-8-10-22/h6-10,17-18,23-24,27-28H,11-16H2,1-5H3/t23-,24+,27-,28-,30-,31?/m0/s1. The van der Waals surface area contributed by atoms with E-state index < -0.39 is 0 Å². The molecular formula is C31H38O. The number of hydrogen-bond donors (Lipinski definition) is 0. The van der Waals surface area contributed by atoms with Crippen molar-refractivity contribution in [2.24, 2.45) is 17.3 Å². The first-order valence-electron chi connectivity index (χ1n) is 12.8. The van der Waals surface area contributed by atoms with Crippen molar-refractivity contribution in [1.82, 2.24) is 0 Å². The van der Waals surface area contributed by atoms with E-state index in [2.05, 4.69) is 70.2 Å². The monoisotopic (exact) mass is 426 g/mol. The van der Waals surface area contributed by atoms with Gasteiger partial charge in [0.05, 0.1) is 6.10 Å². The van der Waals surface area contributed by atoms with Crippen molar-refractivity contribution in [3.8, 4) is 0 Å². The van der Waals surface area contributed by atoms with Crippen LogP contribution in [-0.2, 0) is 16.6 Å². The molecule has 0 radical (unpaired) electrons. The summed E-state index contributed by atoms with van der Waals surface area (Å²) in [5.74, 6) is 2.42. The third kappa shape index (κ3) is 2.67. The summed E-state index contributed by atoms with van der Waals surface area (Å²) in [5, 5.41) is 0. The molecule has 0 aromatic heterocycles. The molecule has 2 saturated carbocycles. The molecule has 1 heteroatoms. The minimum atomic E-state index is 0.108. The van der Waals surface area contributed by atoms with E-state index in [0.29, 0.717) is 11.5 Å². The number of benzene rings is 2. The van der Waals surface area contributed by atoms with Crippen LogP contribution in [0.4, 0.5) is 0 Å². The smallest absolute Gasteiger partial charge is 0.0627 e. The van der Waals surface area contributed by atoms with Gasteiger partial charge in [0.1, 0.15) is 0 Å². The van der Waals surface area contributed by atoms with E-state index in [9.17, 15) is 0 Å². The summed E-state index contributed by atoms with van der Waals surface area (Å²) in [4.78, 5) is 0. The van der Waals surface area contributed by atoms with Gasteiger partial charge in [-0.05, 0) is 116 Å². The van der Waals surface area contributed by atoms with Gasteiger partial charge in [-0.15, -0.1) is 0 Å². The molecule has 1 nitrogen and oxygen atoms in total.